The van der Waals surface area contributed by atoms with Crippen LogP contribution in [0.1, 0.15) is 32.3 Å². The first-order valence-electron chi connectivity index (χ1n) is 14.4. The number of aromatic hydroxyl groups is 1. The number of halogens is 2. The van der Waals surface area contributed by atoms with Gasteiger partial charge in [0, 0.05) is 39.9 Å². The first-order chi connectivity index (χ1) is 22.0. The van der Waals surface area contributed by atoms with E-state index in [0.717, 1.165) is 10.8 Å². The summed E-state index contributed by atoms with van der Waals surface area (Å²) >= 11 is 12.3. The maximum atomic E-state index is 13.9. The van der Waals surface area contributed by atoms with E-state index in [1.54, 1.807) is 68.4 Å². The lowest BCUT2D eigenvalue weighted by Crippen LogP contribution is -2.58. The lowest BCUT2D eigenvalue weighted by atomic mass is 9.99. The van der Waals surface area contributed by atoms with Gasteiger partial charge in [-0.2, -0.15) is 10.2 Å². The molecule has 1 fully saturated rings. The fourth-order valence-corrected chi connectivity index (χ4v) is 5.88. The monoisotopic (exact) mass is 662 g/mol. The molecule has 1 heterocycles. The predicted molar refractivity (Wildman–Crippen MR) is 179 cm³/mol. The van der Waals surface area contributed by atoms with Crippen LogP contribution >= 0.6 is 23.2 Å². The Hall–Kier alpha value is -4.84. The number of urea groups is 2. The molecule has 11 nitrogen and oxygen atoms in total. The van der Waals surface area contributed by atoms with Gasteiger partial charge in [-0.15, -0.1) is 0 Å². The Balaban J connectivity index is 1.29. The van der Waals surface area contributed by atoms with Crippen LogP contribution in [0.2, 0.25) is 10.0 Å². The summed E-state index contributed by atoms with van der Waals surface area (Å²) < 4.78 is 0. The minimum Gasteiger partial charge on any atom is -0.507 e. The minimum atomic E-state index is -1.18. The number of carbonyl (C=O) groups excluding carboxylic acids is 3. The number of anilines is 2. The third-order valence-corrected chi connectivity index (χ3v) is 8.20. The zero-order valence-electron chi connectivity index (χ0n) is 25.0. The summed E-state index contributed by atoms with van der Waals surface area (Å²) in [5, 5.41) is 31.1. The molecule has 1 aliphatic heterocycles. The van der Waals surface area contributed by atoms with Gasteiger partial charge in [0.1, 0.15) is 5.75 Å². The maximum absolute atomic E-state index is 13.9. The second kappa shape index (κ2) is 13.7. The van der Waals surface area contributed by atoms with E-state index in [2.05, 4.69) is 15.8 Å². The van der Waals surface area contributed by atoms with Crippen molar-refractivity contribution in [3.05, 3.63) is 101 Å². The molecule has 0 spiro atoms. The highest BCUT2D eigenvalue weighted by Gasteiger charge is 2.55. The highest BCUT2D eigenvalue weighted by Crippen LogP contribution is 2.39. The van der Waals surface area contributed by atoms with Gasteiger partial charge in [0.25, 0.3) is 0 Å². The minimum absolute atomic E-state index is 0.0264. The van der Waals surface area contributed by atoms with Gasteiger partial charge in [0.15, 0.2) is 6.17 Å². The van der Waals surface area contributed by atoms with E-state index in [-0.39, 0.29) is 25.1 Å². The van der Waals surface area contributed by atoms with E-state index in [0.29, 0.717) is 32.0 Å². The van der Waals surface area contributed by atoms with Crippen LogP contribution in [-0.4, -0.2) is 62.7 Å². The molecule has 4 aromatic rings. The van der Waals surface area contributed by atoms with Crippen molar-refractivity contribution in [2.45, 2.75) is 38.4 Å². The van der Waals surface area contributed by atoms with Crippen molar-refractivity contribution in [1.82, 2.24) is 15.4 Å². The Labute approximate surface area is 275 Å². The van der Waals surface area contributed by atoms with Crippen LogP contribution in [0, 0.1) is 0 Å². The van der Waals surface area contributed by atoms with Crippen LogP contribution in [0.3, 0.4) is 0 Å². The van der Waals surface area contributed by atoms with Gasteiger partial charge in [-0.25, -0.2) is 15.0 Å². The van der Waals surface area contributed by atoms with Gasteiger partial charge in [-0.05, 0) is 73.5 Å². The molecule has 238 valence electrons. The fraction of sp³-hybridized carbons (Fsp3) is 0.212. The van der Waals surface area contributed by atoms with Gasteiger partial charge in [0.05, 0.1) is 11.8 Å². The number of nitrogens with zero attached hydrogens (tertiary/aromatic N) is 4. The van der Waals surface area contributed by atoms with Crippen molar-refractivity contribution >= 4 is 69.5 Å². The van der Waals surface area contributed by atoms with Gasteiger partial charge >= 0.3 is 12.1 Å². The molecule has 1 aliphatic rings. The molecule has 4 N–H and O–H groups in total. The van der Waals surface area contributed by atoms with E-state index < -0.39 is 29.7 Å². The average molecular weight is 664 g/mol. The number of hydrogen-bond acceptors (Lipinski definition) is 6. The van der Waals surface area contributed by atoms with Gasteiger partial charge in [0.2, 0.25) is 5.91 Å². The van der Waals surface area contributed by atoms with Gasteiger partial charge < -0.3 is 15.3 Å². The molecule has 13 heteroatoms. The standard InChI is InChI=1S/C33H32Cl2N6O5/c1-33(2)30(41(46)31(44)37-24-11-5-9-22(34)18-24)40(25-12-6-10-23(35)19-25)32(45)39(33)17-7-14-29(43)38-36-20-27-26-13-4-3-8-21(26)15-16-28(27)42/h3-6,8-13,15-16,18-20,30,42,46H,7,14,17H2,1-2H3,(H,37,44)(H,38,43)/b36-20+. The first-order valence-corrected chi connectivity index (χ1v) is 15.2. The summed E-state index contributed by atoms with van der Waals surface area (Å²) in [6.07, 6.45) is 0.496. The molecule has 1 unspecified atom stereocenters. The van der Waals surface area contributed by atoms with Crippen LogP contribution in [0.15, 0.2) is 90.0 Å². The number of hydrazone groups is 1. The third-order valence-electron chi connectivity index (χ3n) is 7.73. The number of hydroxylamine groups is 2. The molecule has 1 atom stereocenters. The number of hydrogen-bond donors (Lipinski definition) is 4. The molecular formula is C33H32Cl2N6O5. The summed E-state index contributed by atoms with van der Waals surface area (Å²) in [6.45, 7) is 3.57. The number of phenols is 1. The molecule has 4 aromatic carbocycles. The summed E-state index contributed by atoms with van der Waals surface area (Å²) in [5.41, 5.74) is 2.55. The highest BCUT2D eigenvalue weighted by atomic mass is 35.5. The normalized spacial score (nSPS) is 15.8. The lowest BCUT2D eigenvalue weighted by molar-refractivity contribution is -0.121. The van der Waals surface area contributed by atoms with Crippen LogP contribution in [0.5, 0.6) is 5.75 Å². The molecule has 0 radical (unpaired) electrons. The second-order valence-corrected chi connectivity index (χ2v) is 12.1. The molecule has 0 aromatic heterocycles. The Kier molecular flexibility index (Phi) is 9.66. The largest absolute Gasteiger partial charge is 0.507 e. The Morgan fingerprint density at radius 2 is 1.72 bits per heavy atom. The Bertz CT molecular complexity index is 1820. The maximum Gasteiger partial charge on any atom is 0.347 e. The SMILES string of the molecule is CC1(C)C(N(O)C(=O)Nc2cccc(Cl)c2)N(c2cccc(Cl)c2)C(=O)N1CCCC(=O)N/N=C/c1c(O)ccc2ccccc12. The van der Waals surface area contributed by atoms with E-state index >= 15 is 0 Å². The molecule has 1 saturated heterocycles. The van der Waals surface area contributed by atoms with Crippen molar-refractivity contribution in [2.24, 2.45) is 5.10 Å². The highest BCUT2D eigenvalue weighted by molar-refractivity contribution is 6.31. The predicted octanol–water partition coefficient (Wildman–Crippen LogP) is 7.05. The summed E-state index contributed by atoms with van der Waals surface area (Å²) in [6, 6.07) is 22.4. The molecular weight excluding hydrogens is 631 g/mol. The fourth-order valence-electron chi connectivity index (χ4n) is 5.51. The Morgan fingerprint density at radius 1 is 1.00 bits per heavy atom. The Morgan fingerprint density at radius 3 is 2.46 bits per heavy atom. The quantitative estimate of drug-likeness (QED) is 0.0864. The summed E-state index contributed by atoms with van der Waals surface area (Å²) in [5.74, 6) is -0.363. The van der Waals surface area contributed by atoms with Gasteiger partial charge in [-0.1, -0.05) is 65.7 Å². The molecule has 0 saturated carbocycles. The van der Waals surface area contributed by atoms with E-state index in [1.165, 1.54) is 22.1 Å². The third kappa shape index (κ3) is 6.86. The molecule has 5 amide bonds. The van der Waals surface area contributed by atoms with E-state index in [4.69, 9.17) is 23.2 Å². The van der Waals surface area contributed by atoms with Crippen molar-refractivity contribution in [3.8, 4) is 5.75 Å². The zero-order valence-corrected chi connectivity index (χ0v) is 26.5. The smallest absolute Gasteiger partial charge is 0.347 e. The van der Waals surface area contributed by atoms with Crippen LogP contribution < -0.4 is 15.6 Å². The summed E-state index contributed by atoms with van der Waals surface area (Å²) in [4.78, 5) is 42.6. The van der Waals surface area contributed by atoms with E-state index in [9.17, 15) is 24.7 Å². The number of nitrogens with one attached hydrogen (secondary N) is 2. The number of phenolic OH excluding ortho intramolecular Hbond substituents is 1. The zero-order chi connectivity index (χ0) is 33.0. The topological polar surface area (TPSA) is 138 Å². The van der Waals surface area contributed by atoms with Crippen molar-refractivity contribution in [2.75, 3.05) is 16.8 Å². The number of benzene rings is 4. The average Bonchev–Trinajstić information content (AvgIpc) is 3.22. The van der Waals surface area contributed by atoms with E-state index in [1.807, 2.05) is 24.3 Å². The number of carbonyl (C=O) groups is 3. The number of fused-ring (bicyclic) bond motifs is 1. The molecule has 5 rings (SSSR count). The van der Waals surface area contributed by atoms with Crippen molar-refractivity contribution in [3.63, 3.8) is 0 Å². The lowest BCUT2D eigenvalue weighted by Gasteiger charge is -2.38. The summed E-state index contributed by atoms with van der Waals surface area (Å²) in [7, 11) is 0. The van der Waals surface area contributed by atoms with Crippen LogP contribution in [0.4, 0.5) is 21.0 Å². The molecule has 0 aliphatic carbocycles. The van der Waals surface area contributed by atoms with Crippen molar-refractivity contribution < 1.29 is 24.7 Å². The van der Waals surface area contributed by atoms with Gasteiger partial charge in [-0.3, -0.25) is 14.9 Å². The molecule has 46 heavy (non-hydrogen) atoms. The van der Waals surface area contributed by atoms with Crippen LogP contribution in [0.25, 0.3) is 10.8 Å². The molecule has 0 bridgehead atoms. The van der Waals surface area contributed by atoms with Crippen LogP contribution in [-0.2, 0) is 4.79 Å². The van der Waals surface area contributed by atoms with Crippen molar-refractivity contribution in [1.29, 1.82) is 0 Å². The first kappa shape index (κ1) is 32.6. The number of amides is 5. The number of rotatable bonds is 9. The second-order valence-electron chi connectivity index (χ2n) is 11.2.